The molecular weight excluding hydrogens is 1110 g/mol. The summed E-state index contributed by atoms with van der Waals surface area (Å²) in [5, 5.41) is 49.1. The minimum absolute atomic E-state index is 0.0140. The Morgan fingerprint density at radius 1 is 0.667 bits per heavy atom. The summed E-state index contributed by atoms with van der Waals surface area (Å²) < 4.78 is 30.4. The van der Waals surface area contributed by atoms with E-state index >= 15 is 0 Å². The zero-order valence-corrected chi connectivity index (χ0v) is 54.5. The molecule has 0 bridgehead atoms. The topological polar surface area (TPSA) is 231 Å². The van der Waals surface area contributed by atoms with Gasteiger partial charge in [0.15, 0.2) is 0 Å². The number of fused-ring (bicyclic) bond motifs is 2. The van der Waals surface area contributed by atoms with E-state index in [2.05, 4.69) is 78.3 Å². The molecule has 21 heteroatoms. The summed E-state index contributed by atoms with van der Waals surface area (Å²) in [5.41, 5.74) is 0. The minimum atomic E-state index is -0.145. The molecule has 482 valence electrons. The van der Waals surface area contributed by atoms with Crippen LogP contribution in [-0.2, 0) is 33.3 Å². The smallest absolute Gasteiger partial charge is 0.220 e. The molecule has 4 saturated heterocycles. The number of piperidine rings is 4. The zero-order valence-electron chi connectivity index (χ0n) is 53.0. The van der Waals surface area contributed by atoms with Crippen molar-refractivity contribution in [2.24, 2.45) is 29.6 Å². The number of hydrogen-bond acceptors (Lipinski definition) is 18. The number of halogens is 2. The Bertz CT molecular complexity index is 1960. The number of nitrogens with zero attached hydrogens (tertiary/aromatic N) is 4. The average Bonchev–Trinajstić information content (AvgIpc) is 1.82. The van der Waals surface area contributed by atoms with Crippen LogP contribution in [-0.4, -0.2) is 232 Å². The lowest BCUT2D eigenvalue weighted by Gasteiger charge is -2.50. The molecule has 8 N–H and O–H groups in total. The highest BCUT2D eigenvalue weighted by atomic mass is 35.5. The van der Waals surface area contributed by atoms with E-state index in [1.165, 1.54) is 12.8 Å². The molecule has 4 aliphatic carbocycles. The van der Waals surface area contributed by atoms with Crippen LogP contribution in [0.1, 0.15) is 136 Å². The normalized spacial score (nSPS) is 38.8. The van der Waals surface area contributed by atoms with Gasteiger partial charge in [0.25, 0.3) is 0 Å². The molecule has 0 aromatic rings. The van der Waals surface area contributed by atoms with Crippen molar-refractivity contribution in [2.45, 2.75) is 238 Å². The van der Waals surface area contributed by atoms with Gasteiger partial charge in [-0.25, -0.2) is 0 Å². The van der Waals surface area contributed by atoms with Gasteiger partial charge in [-0.2, -0.15) is 10.5 Å². The number of amides is 1. The Morgan fingerprint density at radius 3 is 1.92 bits per heavy atom. The van der Waals surface area contributed by atoms with E-state index in [0.29, 0.717) is 80.7 Å². The molecule has 1 amide bonds. The Morgan fingerprint density at radius 2 is 1.32 bits per heavy atom. The van der Waals surface area contributed by atoms with Crippen molar-refractivity contribution in [2.75, 3.05) is 108 Å². The van der Waals surface area contributed by atoms with E-state index in [9.17, 15) is 20.1 Å². The molecule has 84 heavy (non-hydrogen) atoms. The standard InChI is InChI=1S/C31H55ClN6O3.C26H46ClN5O3.C6H13NO/c1-5-40-29-16-26-23(15-27(29)36-30(39)9-7-13-38(3)4)31(21(17-33)18-35-26)37-25-11-10-22(14-24(25)32)41-19-28-20(2)8-6-12-34-28;1-4-34-25-12-22-20(11-23(25)29-2)26(16(13-28)14-31-22)32-17-5-6-24(21(27)10-17)35-15-18-9-19(33-3)7-8-30-18;1-7(2)5-3-4-6-8/h20-29,31,34-35,37H,5-16,18-19H2,1-4H3,(H,36,39);16-26,29-32H,4-12,14-15H2,1-3H3;6H,3-5H2,1-2H3. The van der Waals surface area contributed by atoms with Gasteiger partial charge >= 0.3 is 0 Å². The second-order valence-electron chi connectivity index (χ2n) is 26.2. The summed E-state index contributed by atoms with van der Waals surface area (Å²) in [6.07, 6.45) is 18.6. The number of nitrogens with one attached hydrogen (secondary N) is 8. The first-order chi connectivity index (χ1) is 40.6. The van der Waals surface area contributed by atoms with Crippen molar-refractivity contribution in [3.05, 3.63) is 0 Å². The number of ether oxygens (including phenoxy) is 5. The van der Waals surface area contributed by atoms with E-state index in [-0.39, 0.29) is 89.0 Å². The van der Waals surface area contributed by atoms with Crippen LogP contribution in [0.4, 0.5) is 0 Å². The van der Waals surface area contributed by atoms with Gasteiger partial charge in [0.05, 0.1) is 84.5 Å². The molecule has 4 aliphatic heterocycles. The summed E-state index contributed by atoms with van der Waals surface area (Å²) in [7, 11) is 11.9. The molecule has 8 rings (SSSR count). The number of alkyl halides is 2. The highest BCUT2D eigenvalue weighted by molar-refractivity contribution is 6.21. The Hall–Kier alpha value is -1.86. The number of nitriles is 2. The van der Waals surface area contributed by atoms with Crippen molar-refractivity contribution < 1.29 is 33.3 Å². The summed E-state index contributed by atoms with van der Waals surface area (Å²) in [6.45, 7) is 14.5. The molecule has 8 aliphatic rings. The second kappa shape index (κ2) is 38.0. The molecule has 0 radical (unpaired) electrons. The number of carbonyl (C=O) groups is 2. The minimum Gasteiger partial charge on any atom is -0.381 e. The van der Waals surface area contributed by atoms with Crippen LogP contribution in [0.5, 0.6) is 0 Å². The number of rotatable bonds is 25. The highest BCUT2D eigenvalue weighted by Crippen LogP contribution is 2.39. The molecule has 22 atom stereocenters. The van der Waals surface area contributed by atoms with Gasteiger partial charge in [0, 0.05) is 101 Å². The maximum Gasteiger partial charge on any atom is 0.220 e. The molecular formula is C63H114Cl2N12O7. The van der Waals surface area contributed by atoms with E-state index in [0.717, 1.165) is 142 Å². The average molecular weight is 1220 g/mol. The van der Waals surface area contributed by atoms with Gasteiger partial charge in [-0.3, -0.25) is 4.79 Å². The van der Waals surface area contributed by atoms with Crippen molar-refractivity contribution >= 4 is 35.4 Å². The molecule has 8 fully saturated rings. The van der Waals surface area contributed by atoms with Gasteiger partial charge in [-0.1, -0.05) is 6.92 Å². The third-order valence-corrected chi connectivity index (χ3v) is 20.6. The highest BCUT2D eigenvalue weighted by Gasteiger charge is 2.49. The van der Waals surface area contributed by atoms with Crippen molar-refractivity contribution in [3.8, 4) is 12.1 Å². The monoisotopic (exact) mass is 1220 g/mol. The second-order valence-corrected chi connectivity index (χ2v) is 27.4. The fourth-order valence-electron chi connectivity index (χ4n) is 14.9. The summed E-state index contributed by atoms with van der Waals surface area (Å²) in [5.74, 6) is 1.17. The maximum absolute atomic E-state index is 12.9. The van der Waals surface area contributed by atoms with Gasteiger partial charge in [0.1, 0.15) is 6.29 Å². The summed E-state index contributed by atoms with van der Waals surface area (Å²) in [6, 6.07) is 7.47. The van der Waals surface area contributed by atoms with E-state index in [1.807, 2.05) is 42.2 Å². The Kier molecular flexibility index (Phi) is 32.2. The third kappa shape index (κ3) is 22.3. The summed E-state index contributed by atoms with van der Waals surface area (Å²) in [4.78, 5) is 26.8. The Balaban J connectivity index is 0.000000240. The number of hydrogen-bond donors (Lipinski definition) is 8. The predicted molar refractivity (Wildman–Crippen MR) is 334 cm³/mol. The Labute approximate surface area is 517 Å². The largest absolute Gasteiger partial charge is 0.381 e. The van der Waals surface area contributed by atoms with Crippen LogP contribution in [0.25, 0.3) is 0 Å². The molecule has 4 saturated carbocycles. The molecule has 19 nitrogen and oxygen atoms in total. The van der Waals surface area contributed by atoms with Crippen LogP contribution < -0.4 is 42.5 Å². The summed E-state index contributed by atoms with van der Waals surface area (Å²) >= 11 is 13.9. The van der Waals surface area contributed by atoms with E-state index in [1.54, 1.807) is 7.11 Å². The van der Waals surface area contributed by atoms with Gasteiger partial charge in [-0.05, 0) is 196 Å². The fraction of sp³-hybridized carbons (Fsp3) is 0.937. The van der Waals surface area contributed by atoms with Crippen molar-refractivity contribution in [1.29, 1.82) is 10.5 Å². The number of unbranched alkanes of at least 4 members (excludes halogenated alkanes) is 1. The van der Waals surface area contributed by atoms with Crippen LogP contribution in [0.2, 0.25) is 0 Å². The van der Waals surface area contributed by atoms with Crippen LogP contribution in [0.3, 0.4) is 0 Å². The first-order valence-corrected chi connectivity index (χ1v) is 33.7. The van der Waals surface area contributed by atoms with Gasteiger partial charge in [-0.15, -0.1) is 23.2 Å². The quantitative estimate of drug-likeness (QED) is 0.0344. The lowest BCUT2D eigenvalue weighted by Crippen LogP contribution is -2.66. The lowest BCUT2D eigenvalue weighted by atomic mass is 9.69. The molecule has 0 aromatic carbocycles. The zero-order chi connectivity index (χ0) is 60.5. The number of methoxy groups -OCH3 is 1. The van der Waals surface area contributed by atoms with Crippen molar-refractivity contribution in [1.82, 2.24) is 52.3 Å². The maximum atomic E-state index is 12.9. The van der Waals surface area contributed by atoms with Crippen molar-refractivity contribution in [3.63, 3.8) is 0 Å². The molecule has 0 aromatic heterocycles. The van der Waals surface area contributed by atoms with Crippen LogP contribution in [0, 0.1) is 52.3 Å². The number of carbonyl (C=O) groups excluding carboxylic acids is 2. The third-order valence-electron chi connectivity index (χ3n) is 19.7. The molecule has 4 heterocycles. The van der Waals surface area contributed by atoms with Crippen LogP contribution in [0.15, 0.2) is 0 Å². The first kappa shape index (κ1) is 71.2. The van der Waals surface area contributed by atoms with E-state index < -0.39 is 0 Å². The predicted octanol–water partition coefficient (Wildman–Crippen LogP) is 4.93. The molecule has 22 unspecified atom stereocenters. The van der Waals surface area contributed by atoms with Gasteiger partial charge in [0.2, 0.25) is 5.91 Å². The number of likely N-dealkylation sites (N-methyl/N-ethyl adjacent to an activating group) is 1. The van der Waals surface area contributed by atoms with E-state index in [4.69, 9.17) is 46.9 Å². The SMILES string of the molecule is CCOC1CC2NCC(C#N)C(NC3CCC(OCC4CC(OC)CCN4)C(Cl)C3)C2CC1NC.CCOC1CC2NCC(C#N)C(NC3CCC(OCC4NCCCC4C)CC3Cl)C2CC1NC(=O)CCCN(C)C.CN(C)CCCC=O. The van der Waals surface area contributed by atoms with Crippen LogP contribution >= 0.6 is 23.2 Å². The first-order valence-electron chi connectivity index (χ1n) is 32.8. The lowest BCUT2D eigenvalue weighted by molar-refractivity contribution is -0.124. The fourth-order valence-corrected chi connectivity index (χ4v) is 15.7. The molecule has 0 spiro atoms. The van der Waals surface area contributed by atoms with Gasteiger partial charge < -0.3 is 80.8 Å². The number of aldehydes is 1.